The third-order valence-corrected chi connectivity index (χ3v) is 4.63. The van der Waals surface area contributed by atoms with E-state index in [1.54, 1.807) is 6.92 Å². The molecule has 2 atom stereocenters. The second-order valence-electron chi connectivity index (χ2n) is 6.32. The summed E-state index contributed by atoms with van der Waals surface area (Å²) in [6, 6.07) is 4.87. The number of aliphatic hydroxyl groups is 1. The predicted molar refractivity (Wildman–Crippen MR) is 89.8 cm³/mol. The van der Waals surface area contributed by atoms with Crippen LogP contribution in [0.2, 0.25) is 0 Å². The first kappa shape index (κ1) is 17.6. The van der Waals surface area contributed by atoms with Crippen molar-refractivity contribution < 1.29 is 34.8 Å². The van der Waals surface area contributed by atoms with Crippen LogP contribution in [0.5, 0.6) is 17.2 Å². The molecule has 7 nitrogen and oxygen atoms in total. The first-order valence-corrected chi connectivity index (χ1v) is 7.89. The highest BCUT2D eigenvalue weighted by Crippen LogP contribution is 2.44. The van der Waals surface area contributed by atoms with Crippen molar-refractivity contribution >= 4 is 17.9 Å². The van der Waals surface area contributed by atoms with Gasteiger partial charge in [0.05, 0.1) is 17.2 Å². The molecule has 0 aliphatic heterocycles. The van der Waals surface area contributed by atoms with Crippen molar-refractivity contribution in [1.29, 1.82) is 0 Å². The summed E-state index contributed by atoms with van der Waals surface area (Å²) < 4.78 is 0. The molecule has 0 amide bonds. The van der Waals surface area contributed by atoms with E-state index in [4.69, 9.17) is 0 Å². The van der Waals surface area contributed by atoms with Crippen molar-refractivity contribution in [3.63, 3.8) is 0 Å². The van der Waals surface area contributed by atoms with Crippen molar-refractivity contribution in [3.05, 3.63) is 52.1 Å². The van der Waals surface area contributed by atoms with Gasteiger partial charge in [0.25, 0.3) is 0 Å². The molecule has 2 aromatic rings. The Bertz CT molecular complexity index is 945. The molecular formula is C19H16O7. The van der Waals surface area contributed by atoms with E-state index in [9.17, 15) is 34.8 Å². The van der Waals surface area contributed by atoms with E-state index in [1.165, 1.54) is 18.2 Å². The Labute approximate surface area is 148 Å². The van der Waals surface area contributed by atoms with Crippen molar-refractivity contribution in [2.45, 2.75) is 19.4 Å². The van der Waals surface area contributed by atoms with Gasteiger partial charge in [-0.1, -0.05) is 19.1 Å². The minimum atomic E-state index is -1.10. The van der Waals surface area contributed by atoms with E-state index < -0.39 is 46.4 Å². The second-order valence-corrected chi connectivity index (χ2v) is 6.32. The van der Waals surface area contributed by atoms with Crippen LogP contribution in [0, 0.1) is 5.92 Å². The van der Waals surface area contributed by atoms with Crippen LogP contribution in [0.1, 0.15) is 61.6 Å². The Kier molecular flexibility index (Phi) is 4.25. The van der Waals surface area contributed by atoms with Crippen LogP contribution < -0.4 is 0 Å². The molecule has 4 N–H and O–H groups in total. The second kappa shape index (κ2) is 6.27. The molecule has 0 heterocycles. The number of rotatable bonds is 3. The summed E-state index contributed by atoms with van der Waals surface area (Å²) in [5, 5.41) is 40.3. The lowest BCUT2D eigenvalue weighted by Crippen LogP contribution is -2.26. The minimum absolute atomic E-state index is 0.0419. The fourth-order valence-electron chi connectivity index (χ4n) is 3.26. The Hall–Kier alpha value is -3.19. The van der Waals surface area contributed by atoms with Crippen LogP contribution in [0.3, 0.4) is 0 Å². The third-order valence-electron chi connectivity index (χ3n) is 4.63. The van der Waals surface area contributed by atoms with Crippen LogP contribution in [0.15, 0.2) is 24.3 Å². The van der Waals surface area contributed by atoms with Crippen molar-refractivity contribution in [2.75, 3.05) is 0 Å². The number of hydrogen-bond donors (Lipinski definition) is 4. The van der Waals surface area contributed by atoms with Crippen LogP contribution in [-0.2, 0) is 0 Å². The van der Waals surface area contributed by atoms with E-state index in [2.05, 4.69) is 0 Å². The quantitative estimate of drug-likeness (QED) is 0.376. The largest absolute Gasteiger partial charge is 0.507 e. The van der Waals surface area contributed by atoms with Gasteiger partial charge in [-0.2, -0.15) is 0 Å². The summed E-state index contributed by atoms with van der Waals surface area (Å²) in [5.41, 5.74) is -1.17. The number of phenols is 3. The molecular weight excluding hydrogens is 340 g/mol. The molecule has 2 unspecified atom stereocenters. The lowest BCUT2D eigenvalue weighted by atomic mass is 9.77. The van der Waals surface area contributed by atoms with Crippen LogP contribution in [0.4, 0.5) is 0 Å². The zero-order valence-corrected chi connectivity index (χ0v) is 13.8. The van der Waals surface area contributed by atoms with Gasteiger partial charge in [-0.05, 0) is 23.6 Å². The van der Waals surface area contributed by atoms with Gasteiger partial charge in [0.15, 0.2) is 29.4 Å². The highest BCUT2D eigenvalue weighted by atomic mass is 16.3. The molecule has 0 fully saturated rings. The van der Waals surface area contributed by atoms with Crippen molar-refractivity contribution in [1.82, 2.24) is 0 Å². The molecule has 26 heavy (non-hydrogen) atoms. The maximum Gasteiger partial charge on any atom is 0.198 e. The SMILES string of the molecule is CC1CC(=O)c2c(cc(O)c(O)c2C(=O)c2cccc(O)c2C=O)C1O. The zero-order valence-electron chi connectivity index (χ0n) is 13.8. The summed E-state index contributed by atoms with van der Waals surface area (Å²) in [7, 11) is 0. The monoisotopic (exact) mass is 356 g/mol. The molecule has 134 valence electrons. The molecule has 0 bridgehead atoms. The van der Waals surface area contributed by atoms with E-state index in [0.29, 0.717) is 0 Å². The number of carbonyl (C=O) groups excluding carboxylic acids is 3. The van der Waals surface area contributed by atoms with E-state index >= 15 is 0 Å². The van der Waals surface area contributed by atoms with Gasteiger partial charge in [-0.25, -0.2) is 0 Å². The Morgan fingerprint density at radius 1 is 1.19 bits per heavy atom. The fourth-order valence-corrected chi connectivity index (χ4v) is 3.26. The lowest BCUT2D eigenvalue weighted by Gasteiger charge is -2.28. The summed E-state index contributed by atoms with van der Waals surface area (Å²) >= 11 is 0. The third kappa shape index (κ3) is 2.53. The molecule has 1 aliphatic carbocycles. The van der Waals surface area contributed by atoms with Gasteiger partial charge in [0, 0.05) is 17.5 Å². The predicted octanol–water partition coefficient (Wildman–Crippen LogP) is 2.10. The number of benzene rings is 2. The molecule has 0 spiro atoms. The van der Waals surface area contributed by atoms with Gasteiger partial charge in [0.2, 0.25) is 0 Å². The lowest BCUT2D eigenvalue weighted by molar-refractivity contribution is 0.0743. The maximum atomic E-state index is 13.0. The highest BCUT2D eigenvalue weighted by molar-refractivity contribution is 6.20. The topological polar surface area (TPSA) is 132 Å². The number of fused-ring (bicyclic) bond motifs is 1. The summed E-state index contributed by atoms with van der Waals surface area (Å²) in [6.07, 6.45) is -0.859. The molecule has 3 rings (SSSR count). The zero-order chi connectivity index (χ0) is 19.2. The number of ketones is 2. The van der Waals surface area contributed by atoms with Gasteiger partial charge >= 0.3 is 0 Å². The Morgan fingerprint density at radius 3 is 2.54 bits per heavy atom. The molecule has 1 aliphatic rings. The minimum Gasteiger partial charge on any atom is -0.507 e. The molecule has 0 saturated carbocycles. The first-order chi connectivity index (χ1) is 12.3. The number of phenolic OH excluding ortho intramolecular Hbond substituents is 3. The summed E-state index contributed by atoms with van der Waals surface area (Å²) in [5.74, 6) is -3.72. The van der Waals surface area contributed by atoms with Crippen LogP contribution in [-0.4, -0.2) is 38.3 Å². The number of Topliss-reactive ketones (excluding diaryl/α,β-unsaturated/α-hetero) is 1. The van der Waals surface area contributed by atoms with Crippen LogP contribution >= 0.6 is 0 Å². The molecule has 0 aromatic heterocycles. The smallest absolute Gasteiger partial charge is 0.198 e. The molecule has 2 aromatic carbocycles. The number of carbonyl (C=O) groups is 3. The first-order valence-electron chi connectivity index (χ1n) is 7.89. The molecule has 0 radical (unpaired) electrons. The van der Waals surface area contributed by atoms with E-state index in [1.807, 2.05) is 0 Å². The number of aldehydes is 1. The summed E-state index contributed by atoms with van der Waals surface area (Å²) in [4.78, 5) is 36.7. The normalized spacial score (nSPS) is 19.1. The van der Waals surface area contributed by atoms with Crippen molar-refractivity contribution in [3.8, 4) is 17.2 Å². The maximum absolute atomic E-state index is 13.0. The number of aromatic hydroxyl groups is 3. The van der Waals surface area contributed by atoms with E-state index in [0.717, 1.165) is 6.07 Å². The average molecular weight is 356 g/mol. The Morgan fingerprint density at radius 2 is 1.88 bits per heavy atom. The average Bonchev–Trinajstić information content (AvgIpc) is 2.60. The van der Waals surface area contributed by atoms with Crippen LogP contribution in [0.25, 0.3) is 0 Å². The summed E-state index contributed by atoms with van der Waals surface area (Å²) in [6.45, 7) is 1.65. The van der Waals surface area contributed by atoms with Crippen molar-refractivity contribution in [2.24, 2.45) is 5.92 Å². The number of aliphatic hydroxyl groups excluding tert-OH is 1. The number of hydrogen-bond acceptors (Lipinski definition) is 7. The van der Waals surface area contributed by atoms with Gasteiger partial charge in [-0.3, -0.25) is 14.4 Å². The van der Waals surface area contributed by atoms with Gasteiger partial charge in [-0.15, -0.1) is 0 Å². The highest BCUT2D eigenvalue weighted by Gasteiger charge is 2.37. The molecule has 0 saturated heterocycles. The molecule has 7 heteroatoms. The van der Waals surface area contributed by atoms with E-state index in [-0.39, 0.29) is 35.0 Å². The standard InChI is InChI=1S/C19H16O7/c1-8-5-13(22)15-10(17(8)24)6-14(23)19(26)16(15)18(25)9-3-2-4-12(21)11(9)7-20/h2-4,6-8,17,21,23-24,26H,5H2,1H3. The van der Waals surface area contributed by atoms with Gasteiger partial charge < -0.3 is 20.4 Å². The van der Waals surface area contributed by atoms with Gasteiger partial charge in [0.1, 0.15) is 5.75 Å². The fraction of sp³-hybridized carbons (Fsp3) is 0.211. The Balaban J connectivity index is 2.31.